The maximum absolute atomic E-state index is 11.9. The second kappa shape index (κ2) is 9.02. The molecule has 0 atom stereocenters. The fourth-order valence-corrected chi connectivity index (χ4v) is 2.58. The maximum atomic E-state index is 11.9. The number of ether oxygens (including phenoxy) is 1. The Kier molecular flexibility index (Phi) is 7.37. The van der Waals surface area contributed by atoms with Gasteiger partial charge in [0.15, 0.2) is 16.4 Å². The topological polar surface area (TPSA) is 119 Å². The summed E-state index contributed by atoms with van der Waals surface area (Å²) in [7, 11) is -3.22. The van der Waals surface area contributed by atoms with E-state index < -0.39 is 28.3 Å². The number of likely N-dealkylation sites (N-methyl/N-ethyl adjacent to an activating group) is 1. The summed E-state index contributed by atoms with van der Waals surface area (Å²) in [6, 6.07) is 5.97. The Morgan fingerprint density at radius 1 is 1.12 bits per heavy atom. The molecule has 1 aromatic carbocycles. The lowest BCUT2D eigenvalue weighted by Gasteiger charge is -2.07. The summed E-state index contributed by atoms with van der Waals surface area (Å²) in [5.41, 5.74) is 0.598. The Morgan fingerprint density at radius 3 is 2.46 bits per heavy atom. The van der Waals surface area contributed by atoms with Gasteiger partial charge in [0, 0.05) is 12.8 Å². The zero-order valence-corrected chi connectivity index (χ0v) is 14.3. The van der Waals surface area contributed by atoms with Crippen molar-refractivity contribution in [2.75, 3.05) is 26.0 Å². The molecule has 8 nitrogen and oxygen atoms in total. The highest BCUT2D eigenvalue weighted by molar-refractivity contribution is 7.89. The largest absolute Gasteiger partial charge is 0.452 e. The Labute approximate surface area is 140 Å². The Morgan fingerprint density at radius 2 is 1.83 bits per heavy atom. The summed E-state index contributed by atoms with van der Waals surface area (Å²) in [6.45, 7) is 1.47. The molecule has 132 valence electrons. The van der Waals surface area contributed by atoms with Gasteiger partial charge in [0.1, 0.15) is 0 Å². The van der Waals surface area contributed by atoms with Crippen molar-refractivity contribution in [1.29, 1.82) is 0 Å². The Balaban J connectivity index is 2.52. The van der Waals surface area contributed by atoms with Gasteiger partial charge in [-0.2, -0.15) is 0 Å². The van der Waals surface area contributed by atoms with Gasteiger partial charge in [-0.3, -0.25) is 9.59 Å². The summed E-state index contributed by atoms with van der Waals surface area (Å²) < 4.78 is 27.4. The van der Waals surface area contributed by atoms with E-state index in [4.69, 9.17) is 4.74 Å². The summed E-state index contributed by atoms with van der Waals surface area (Å²) in [6.07, 6.45) is 1.09. The van der Waals surface area contributed by atoms with Crippen LogP contribution in [0.3, 0.4) is 0 Å². The molecule has 2 N–H and O–H groups in total. The van der Waals surface area contributed by atoms with Gasteiger partial charge in [-0.15, -0.1) is 0 Å². The monoisotopic (exact) mass is 356 g/mol. The second-order valence-corrected chi connectivity index (χ2v) is 7.22. The molecule has 24 heavy (non-hydrogen) atoms. The van der Waals surface area contributed by atoms with Crippen LogP contribution in [0.5, 0.6) is 0 Å². The Bertz CT molecular complexity index is 714. The molecule has 0 aliphatic heterocycles. The molecule has 0 fully saturated rings. The summed E-state index contributed by atoms with van der Waals surface area (Å²) in [5, 5.41) is 4.81. The molecule has 0 bridgehead atoms. The molecule has 2 amide bonds. The predicted molar refractivity (Wildman–Crippen MR) is 87.0 cm³/mol. The van der Waals surface area contributed by atoms with Gasteiger partial charge in [0.2, 0.25) is 5.91 Å². The van der Waals surface area contributed by atoms with Crippen molar-refractivity contribution in [3.63, 3.8) is 0 Å². The second-order valence-electron chi connectivity index (χ2n) is 5.08. The summed E-state index contributed by atoms with van der Waals surface area (Å²) in [5.74, 6) is -1.90. The number of carbonyl (C=O) groups excluding carboxylic acids is 3. The first kappa shape index (κ1) is 19.6. The van der Waals surface area contributed by atoms with Crippen LogP contribution in [0.2, 0.25) is 0 Å². The molecule has 0 saturated carbocycles. The molecule has 9 heteroatoms. The molecule has 0 aliphatic rings. The van der Waals surface area contributed by atoms with Crippen LogP contribution in [-0.2, 0) is 29.9 Å². The van der Waals surface area contributed by atoms with Gasteiger partial charge >= 0.3 is 5.97 Å². The normalized spacial score (nSPS) is 10.8. The standard InChI is InChI=1S/C15H20N2O6S/c1-3-16-13(18)8-17-14(19)9-23-15(20)12-6-4-5-11(7-12)10-24(2,21)22/h4-7H,3,8-10H2,1-2H3,(H,16,18)(H,17,19). The van der Waals surface area contributed by atoms with Crippen LogP contribution in [0.1, 0.15) is 22.8 Å². The average molecular weight is 356 g/mol. The van der Waals surface area contributed by atoms with Crippen molar-refractivity contribution in [3.8, 4) is 0 Å². The van der Waals surface area contributed by atoms with Crippen LogP contribution in [-0.4, -0.2) is 52.2 Å². The number of hydrogen-bond acceptors (Lipinski definition) is 6. The van der Waals surface area contributed by atoms with E-state index in [9.17, 15) is 22.8 Å². The maximum Gasteiger partial charge on any atom is 0.338 e. The quantitative estimate of drug-likeness (QED) is 0.614. The first-order valence-corrected chi connectivity index (χ1v) is 9.24. The molecular formula is C15H20N2O6S. The zero-order valence-electron chi connectivity index (χ0n) is 13.5. The van der Waals surface area contributed by atoms with Crippen LogP contribution in [0.4, 0.5) is 0 Å². The van der Waals surface area contributed by atoms with Crippen molar-refractivity contribution in [2.24, 2.45) is 0 Å². The van der Waals surface area contributed by atoms with E-state index in [1.54, 1.807) is 13.0 Å². The van der Waals surface area contributed by atoms with E-state index in [1.807, 2.05) is 0 Å². The molecule has 0 saturated heterocycles. The number of benzene rings is 1. The predicted octanol–water partition coefficient (Wildman–Crippen LogP) is -0.360. The average Bonchev–Trinajstić information content (AvgIpc) is 2.49. The number of hydrogen-bond donors (Lipinski definition) is 2. The third kappa shape index (κ3) is 7.73. The van der Waals surface area contributed by atoms with Crippen molar-refractivity contribution < 1.29 is 27.5 Å². The summed E-state index contributed by atoms with van der Waals surface area (Å²) >= 11 is 0. The first-order chi connectivity index (χ1) is 11.2. The fraction of sp³-hybridized carbons (Fsp3) is 0.400. The van der Waals surface area contributed by atoms with E-state index in [2.05, 4.69) is 10.6 Å². The minimum Gasteiger partial charge on any atom is -0.452 e. The molecule has 0 aliphatic carbocycles. The van der Waals surface area contributed by atoms with Crippen LogP contribution in [0, 0.1) is 0 Å². The number of nitrogens with one attached hydrogen (secondary N) is 2. The number of carbonyl (C=O) groups is 3. The van der Waals surface area contributed by atoms with Gasteiger partial charge in [-0.1, -0.05) is 12.1 Å². The molecular weight excluding hydrogens is 336 g/mol. The number of amides is 2. The van der Waals surface area contributed by atoms with Crippen LogP contribution in [0.25, 0.3) is 0 Å². The van der Waals surface area contributed by atoms with E-state index in [1.165, 1.54) is 18.2 Å². The van der Waals surface area contributed by atoms with Crippen molar-refractivity contribution in [2.45, 2.75) is 12.7 Å². The molecule has 0 unspecified atom stereocenters. The van der Waals surface area contributed by atoms with Crippen molar-refractivity contribution in [3.05, 3.63) is 35.4 Å². The third-order valence-electron chi connectivity index (χ3n) is 2.75. The van der Waals surface area contributed by atoms with Crippen LogP contribution >= 0.6 is 0 Å². The lowest BCUT2D eigenvalue weighted by Crippen LogP contribution is -2.38. The van der Waals surface area contributed by atoms with Crippen molar-refractivity contribution in [1.82, 2.24) is 10.6 Å². The number of esters is 1. The van der Waals surface area contributed by atoms with Gasteiger partial charge < -0.3 is 15.4 Å². The summed E-state index contributed by atoms with van der Waals surface area (Å²) in [4.78, 5) is 34.5. The minimum atomic E-state index is -3.22. The van der Waals surface area contributed by atoms with Gasteiger partial charge in [-0.05, 0) is 24.6 Å². The Hall–Kier alpha value is -2.42. The fourth-order valence-electron chi connectivity index (χ4n) is 1.79. The van der Waals surface area contributed by atoms with Crippen molar-refractivity contribution >= 4 is 27.6 Å². The van der Waals surface area contributed by atoms with E-state index in [0.29, 0.717) is 12.1 Å². The van der Waals surface area contributed by atoms with Gasteiger partial charge in [0.05, 0.1) is 17.9 Å². The van der Waals surface area contributed by atoms with E-state index in [0.717, 1.165) is 6.26 Å². The van der Waals surface area contributed by atoms with Crippen LogP contribution < -0.4 is 10.6 Å². The number of sulfone groups is 1. The first-order valence-electron chi connectivity index (χ1n) is 7.18. The van der Waals surface area contributed by atoms with Gasteiger partial charge in [-0.25, -0.2) is 13.2 Å². The zero-order chi connectivity index (χ0) is 18.2. The minimum absolute atomic E-state index is 0.146. The highest BCUT2D eigenvalue weighted by atomic mass is 32.2. The van der Waals surface area contributed by atoms with Crippen LogP contribution in [0.15, 0.2) is 24.3 Å². The molecule has 0 radical (unpaired) electrons. The molecule has 0 heterocycles. The number of rotatable bonds is 8. The highest BCUT2D eigenvalue weighted by Gasteiger charge is 2.13. The molecule has 1 aromatic rings. The van der Waals surface area contributed by atoms with E-state index >= 15 is 0 Å². The highest BCUT2D eigenvalue weighted by Crippen LogP contribution is 2.10. The van der Waals surface area contributed by atoms with Gasteiger partial charge in [0.25, 0.3) is 5.91 Å². The molecule has 0 spiro atoms. The van der Waals surface area contributed by atoms with E-state index in [-0.39, 0.29) is 23.8 Å². The lowest BCUT2D eigenvalue weighted by atomic mass is 10.1. The lowest BCUT2D eigenvalue weighted by molar-refractivity contribution is -0.127. The molecule has 1 rings (SSSR count). The SMILES string of the molecule is CCNC(=O)CNC(=O)COC(=O)c1cccc(CS(C)(=O)=O)c1. The molecule has 0 aromatic heterocycles. The smallest absolute Gasteiger partial charge is 0.338 e. The third-order valence-corrected chi connectivity index (χ3v) is 3.60.